The van der Waals surface area contributed by atoms with Gasteiger partial charge in [-0.1, -0.05) is 0 Å². The first kappa shape index (κ1) is 15.8. The molecule has 7 N–H and O–H groups in total. The number of aliphatic hydroxyl groups is 1. The highest BCUT2D eigenvalue weighted by Crippen LogP contribution is 2.23. The van der Waals surface area contributed by atoms with Crippen molar-refractivity contribution in [1.82, 2.24) is 10.3 Å². The fourth-order valence-corrected chi connectivity index (χ4v) is 2.13. The highest BCUT2D eigenvalue weighted by molar-refractivity contribution is 5.89. The van der Waals surface area contributed by atoms with Crippen LogP contribution in [0.3, 0.4) is 0 Å². The molecule has 0 saturated carbocycles. The molecule has 0 spiro atoms. The molecule has 1 heterocycles. The maximum atomic E-state index is 11.9. The first-order chi connectivity index (χ1) is 10.4. The van der Waals surface area contributed by atoms with Crippen LogP contribution in [0.2, 0.25) is 0 Å². The average molecular weight is 307 g/mol. The molecular formula is C14H17N3O5. The number of fused-ring (bicyclic) bond motifs is 1. The number of aromatic amines is 1. The van der Waals surface area contributed by atoms with E-state index >= 15 is 0 Å². The van der Waals surface area contributed by atoms with Crippen LogP contribution in [0.15, 0.2) is 24.4 Å². The van der Waals surface area contributed by atoms with E-state index in [1.807, 2.05) is 0 Å². The number of hydrogen-bond acceptors (Lipinski definition) is 5. The summed E-state index contributed by atoms with van der Waals surface area (Å²) in [4.78, 5) is 25.6. The average Bonchev–Trinajstić information content (AvgIpc) is 2.86. The Morgan fingerprint density at radius 3 is 2.73 bits per heavy atom. The van der Waals surface area contributed by atoms with E-state index in [0.29, 0.717) is 0 Å². The molecule has 2 aromatic rings. The van der Waals surface area contributed by atoms with E-state index in [-0.39, 0.29) is 12.2 Å². The third-order valence-electron chi connectivity index (χ3n) is 3.32. The molecule has 1 unspecified atom stereocenters. The van der Waals surface area contributed by atoms with Gasteiger partial charge in [-0.05, 0) is 30.2 Å². The molecule has 0 aliphatic rings. The van der Waals surface area contributed by atoms with Crippen LogP contribution in [0.4, 0.5) is 0 Å². The Hall–Kier alpha value is -2.58. The maximum absolute atomic E-state index is 11.9. The fraction of sp³-hybridized carbons (Fsp3) is 0.286. The molecule has 1 aromatic carbocycles. The van der Waals surface area contributed by atoms with Crippen molar-refractivity contribution in [3.05, 3.63) is 30.0 Å². The minimum Gasteiger partial charge on any atom is -0.508 e. The lowest BCUT2D eigenvalue weighted by Gasteiger charge is -2.15. The molecular weight excluding hydrogens is 290 g/mol. The number of aromatic hydroxyl groups is 1. The number of nitrogens with two attached hydrogens (primary N) is 1. The van der Waals surface area contributed by atoms with E-state index < -0.39 is 30.6 Å². The Balaban J connectivity index is 2.10. The molecule has 8 nitrogen and oxygen atoms in total. The second-order valence-corrected chi connectivity index (χ2v) is 4.94. The minimum absolute atomic E-state index is 0.0950. The number of H-pyrrole nitrogens is 1. The molecule has 22 heavy (non-hydrogen) atoms. The minimum atomic E-state index is -1.38. The van der Waals surface area contributed by atoms with Gasteiger partial charge in [0.05, 0.1) is 12.6 Å². The summed E-state index contributed by atoms with van der Waals surface area (Å²) in [5, 5.41) is 30.1. The van der Waals surface area contributed by atoms with Gasteiger partial charge in [-0.3, -0.25) is 4.79 Å². The highest BCUT2D eigenvalue weighted by atomic mass is 16.4. The summed E-state index contributed by atoms with van der Waals surface area (Å²) in [7, 11) is 0. The van der Waals surface area contributed by atoms with Crippen LogP contribution in [0.25, 0.3) is 10.9 Å². The smallest absolute Gasteiger partial charge is 0.328 e. The van der Waals surface area contributed by atoms with Crippen LogP contribution >= 0.6 is 0 Å². The summed E-state index contributed by atoms with van der Waals surface area (Å²) < 4.78 is 0. The number of nitrogens with one attached hydrogen (secondary N) is 2. The van der Waals surface area contributed by atoms with E-state index in [1.165, 1.54) is 6.07 Å². The Morgan fingerprint density at radius 2 is 2.09 bits per heavy atom. The molecule has 2 atom stereocenters. The van der Waals surface area contributed by atoms with Crippen molar-refractivity contribution in [1.29, 1.82) is 0 Å². The summed E-state index contributed by atoms with van der Waals surface area (Å²) in [6.07, 6.45) is 1.84. The third kappa shape index (κ3) is 3.35. The van der Waals surface area contributed by atoms with Crippen molar-refractivity contribution in [3.63, 3.8) is 0 Å². The normalized spacial score (nSPS) is 13.7. The molecule has 8 heteroatoms. The lowest BCUT2D eigenvalue weighted by molar-refractivity contribution is -0.143. The van der Waals surface area contributed by atoms with Crippen molar-refractivity contribution in [2.75, 3.05) is 6.61 Å². The number of aliphatic carboxylic acids is 1. The van der Waals surface area contributed by atoms with Crippen molar-refractivity contribution in [2.24, 2.45) is 5.73 Å². The van der Waals surface area contributed by atoms with Crippen molar-refractivity contribution < 1.29 is 24.9 Å². The number of carbonyl (C=O) groups excluding carboxylic acids is 1. The lowest BCUT2D eigenvalue weighted by atomic mass is 10.0. The Labute approximate surface area is 125 Å². The van der Waals surface area contributed by atoms with E-state index in [4.69, 9.17) is 15.9 Å². The van der Waals surface area contributed by atoms with Crippen molar-refractivity contribution >= 4 is 22.8 Å². The standard InChI is InChI=1S/C14H17N3O5/c15-10(13(20)17-12(6-18)14(21)22)3-7-5-16-11-2-1-8(19)4-9(7)11/h1-2,4-5,10,12,16,18-19H,3,6,15H2,(H,17,20)(H,21,22)/t10?,12-/m0/s1. The third-order valence-corrected chi connectivity index (χ3v) is 3.32. The number of carboxylic acid groups (broad SMARTS) is 1. The number of hydrogen-bond donors (Lipinski definition) is 6. The van der Waals surface area contributed by atoms with Crippen LogP contribution in [-0.2, 0) is 16.0 Å². The van der Waals surface area contributed by atoms with E-state index in [9.17, 15) is 14.7 Å². The van der Waals surface area contributed by atoms with Crippen LogP contribution in [-0.4, -0.2) is 50.9 Å². The van der Waals surface area contributed by atoms with Crippen molar-refractivity contribution in [2.45, 2.75) is 18.5 Å². The number of amides is 1. The largest absolute Gasteiger partial charge is 0.508 e. The SMILES string of the molecule is NC(Cc1c[nH]c2ccc(O)cc12)C(=O)N[C@@H](CO)C(=O)O. The number of aliphatic hydroxyl groups excluding tert-OH is 1. The molecule has 0 fully saturated rings. The number of benzene rings is 1. The topological polar surface area (TPSA) is 149 Å². The number of rotatable bonds is 6. The maximum Gasteiger partial charge on any atom is 0.328 e. The van der Waals surface area contributed by atoms with Gasteiger partial charge in [0.25, 0.3) is 0 Å². The number of carbonyl (C=O) groups is 2. The van der Waals surface area contributed by atoms with Gasteiger partial charge >= 0.3 is 5.97 Å². The molecule has 0 aliphatic heterocycles. The zero-order chi connectivity index (χ0) is 16.3. The van der Waals surface area contributed by atoms with Gasteiger partial charge in [-0.25, -0.2) is 4.79 Å². The summed E-state index contributed by atoms with van der Waals surface area (Å²) in [6, 6.07) is 2.43. The molecule has 1 amide bonds. The molecule has 0 aliphatic carbocycles. The Morgan fingerprint density at radius 1 is 1.36 bits per heavy atom. The lowest BCUT2D eigenvalue weighted by Crippen LogP contribution is -2.50. The number of aromatic nitrogens is 1. The van der Waals surface area contributed by atoms with Gasteiger partial charge in [0.2, 0.25) is 5.91 Å². The van der Waals surface area contributed by atoms with Gasteiger partial charge in [0, 0.05) is 17.1 Å². The van der Waals surface area contributed by atoms with Gasteiger partial charge in [-0.2, -0.15) is 0 Å². The number of phenolic OH excluding ortho intramolecular Hbond substituents is 1. The van der Waals surface area contributed by atoms with Crippen molar-refractivity contribution in [3.8, 4) is 5.75 Å². The monoisotopic (exact) mass is 307 g/mol. The Bertz CT molecular complexity index is 697. The van der Waals surface area contributed by atoms with Crippen LogP contribution < -0.4 is 11.1 Å². The van der Waals surface area contributed by atoms with Gasteiger partial charge in [-0.15, -0.1) is 0 Å². The molecule has 118 valence electrons. The van der Waals surface area contributed by atoms with Gasteiger partial charge in [0.1, 0.15) is 11.8 Å². The molecule has 2 rings (SSSR count). The second-order valence-electron chi connectivity index (χ2n) is 4.94. The molecule has 0 bridgehead atoms. The number of phenols is 1. The second kappa shape index (κ2) is 6.46. The predicted molar refractivity (Wildman–Crippen MR) is 78.3 cm³/mol. The van der Waals surface area contributed by atoms with E-state index in [0.717, 1.165) is 16.5 Å². The van der Waals surface area contributed by atoms with E-state index in [2.05, 4.69) is 10.3 Å². The first-order valence-corrected chi connectivity index (χ1v) is 6.61. The quantitative estimate of drug-likeness (QED) is 0.416. The Kier molecular flexibility index (Phi) is 4.64. The number of carboxylic acids is 1. The summed E-state index contributed by atoms with van der Waals surface area (Å²) in [6.45, 7) is -0.714. The molecule has 0 radical (unpaired) electrons. The van der Waals surface area contributed by atoms with Gasteiger partial charge < -0.3 is 31.4 Å². The summed E-state index contributed by atoms with van der Waals surface area (Å²) >= 11 is 0. The summed E-state index contributed by atoms with van der Waals surface area (Å²) in [5.74, 6) is -1.91. The first-order valence-electron chi connectivity index (χ1n) is 6.61. The van der Waals surface area contributed by atoms with E-state index in [1.54, 1.807) is 18.3 Å². The van der Waals surface area contributed by atoms with Gasteiger partial charge in [0.15, 0.2) is 0 Å². The predicted octanol–water partition coefficient (Wildman–Crippen LogP) is -0.695. The zero-order valence-corrected chi connectivity index (χ0v) is 11.6. The highest BCUT2D eigenvalue weighted by Gasteiger charge is 2.23. The van der Waals surface area contributed by atoms with Crippen LogP contribution in [0.5, 0.6) is 5.75 Å². The molecule has 1 aromatic heterocycles. The summed E-state index contributed by atoms with van der Waals surface area (Å²) in [5.41, 5.74) is 7.29. The molecule has 0 saturated heterocycles. The zero-order valence-electron chi connectivity index (χ0n) is 11.6. The van der Waals surface area contributed by atoms with Crippen LogP contribution in [0, 0.1) is 0 Å². The fourth-order valence-electron chi connectivity index (χ4n) is 2.13. The van der Waals surface area contributed by atoms with Crippen LogP contribution in [0.1, 0.15) is 5.56 Å².